The SMILES string of the molecule is CC(O)c1ccc(S(=O)(=O)N(CCC#N)C(C)C)cc1. The molecule has 0 spiro atoms. The molecule has 0 bridgehead atoms. The number of sulfonamides is 1. The summed E-state index contributed by atoms with van der Waals surface area (Å²) in [4.78, 5) is 0.175. The summed E-state index contributed by atoms with van der Waals surface area (Å²) < 4.78 is 26.3. The van der Waals surface area contributed by atoms with Crippen LogP contribution in [0.25, 0.3) is 0 Å². The van der Waals surface area contributed by atoms with Gasteiger partial charge in [0.05, 0.1) is 17.1 Å². The Morgan fingerprint density at radius 1 is 1.25 bits per heavy atom. The van der Waals surface area contributed by atoms with E-state index < -0.39 is 16.1 Å². The summed E-state index contributed by atoms with van der Waals surface area (Å²) in [6.45, 7) is 5.35. The van der Waals surface area contributed by atoms with Gasteiger partial charge in [-0.1, -0.05) is 12.1 Å². The third-order valence-corrected chi connectivity index (χ3v) is 5.08. The zero-order chi connectivity index (χ0) is 15.3. The van der Waals surface area contributed by atoms with Gasteiger partial charge in [0, 0.05) is 19.0 Å². The molecule has 1 N–H and O–H groups in total. The third kappa shape index (κ3) is 3.79. The van der Waals surface area contributed by atoms with E-state index in [1.807, 2.05) is 6.07 Å². The predicted molar refractivity (Wildman–Crippen MR) is 76.3 cm³/mol. The zero-order valence-electron chi connectivity index (χ0n) is 11.9. The molecule has 0 saturated carbocycles. The molecule has 1 aromatic rings. The Balaban J connectivity index is 3.10. The van der Waals surface area contributed by atoms with Crippen molar-refractivity contribution in [1.29, 1.82) is 5.26 Å². The molecule has 0 fully saturated rings. The quantitative estimate of drug-likeness (QED) is 0.871. The van der Waals surface area contributed by atoms with Gasteiger partial charge in [-0.05, 0) is 38.5 Å². The zero-order valence-corrected chi connectivity index (χ0v) is 12.8. The highest BCUT2D eigenvalue weighted by molar-refractivity contribution is 7.89. The van der Waals surface area contributed by atoms with Gasteiger partial charge in [-0.3, -0.25) is 0 Å². The first-order valence-corrected chi connectivity index (χ1v) is 7.91. The maximum absolute atomic E-state index is 12.5. The number of hydrogen-bond acceptors (Lipinski definition) is 4. The molecule has 20 heavy (non-hydrogen) atoms. The summed E-state index contributed by atoms with van der Waals surface area (Å²) >= 11 is 0. The minimum absolute atomic E-state index is 0.156. The van der Waals surface area contributed by atoms with Crippen LogP contribution in [0.5, 0.6) is 0 Å². The van der Waals surface area contributed by atoms with Crippen LogP contribution in [0.2, 0.25) is 0 Å². The lowest BCUT2D eigenvalue weighted by molar-refractivity contribution is 0.199. The second-order valence-electron chi connectivity index (χ2n) is 4.86. The molecule has 0 heterocycles. The van der Waals surface area contributed by atoms with Crippen LogP contribution in [0.3, 0.4) is 0 Å². The maximum Gasteiger partial charge on any atom is 0.243 e. The smallest absolute Gasteiger partial charge is 0.243 e. The Hall–Kier alpha value is -1.42. The van der Waals surface area contributed by atoms with E-state index in [0.29, 0.717) is 5.56 Å². The molecule has 1 aromatic carbocycles. The first kappa shape index (κ1) is 16.6. The van der Waals surface area contributed by atoms with E-state index in [-0.39, 0.29) is 23.9 Å². The van der Waals surface area contributed by atoms with Crippen molar-refractivity contribution in [2.45, 2.75) is 44.2 Å². The van der Waals surface area contributed by atoms with Crippen molar-refractivity contribution in [2.75, 3.05) is 6.54 Å². The van der Waals surface area contributed by atoms with E-state index in [1.165, 1.54) is 16.4 Å². The molecular formula is C14H20N2O3S. The normalized spacial score (nSPS) is 13.4. The van der Waals surface area contributed by atoms with Crippen molar-refractivity contribution in [3.63, 3.8) is 0 Å². The van der Waals surface area contributed by atoms with Gasteiger partial charge in [0.25, 0.3) is 0 Å². The fourth-order valence-corrected chi connectivity index (χ4v) is 3.51. The fraction of sp³-hybridized carbons (Fsp3) is 0.500. The number of aliphatic hydroxyl groups excluding tert-OH is 1. The van der Waals surface area contributed by atoms with Gasteiger partial charge in [0.2, 0.25) is 10.0 Å². The number of hydrogen-bond donors (Lipinski definition) is 1. The van der Waals surface area contributed by atoms with Gasteiger partial charge in [-0.15, -0.1) is 0 Å². The fourth-order valence-electron chi connectivity index (χ4n) is 1.87. The van der Waals surface area contributed by atoms with E-state index in [0.717, 1.165) is 0 Å². The van der Waals surface area contributed by atoms with Gasteiger partial charge in [-0.2, -0.15) is 9.57 Å². The van der Waals surface area contributed by atoms with E-state index >= 15 is 0 Å². The molecule has 1 unspecified atom stereocenters. The van der Waals surface area contributed by atoms with Crippen molar-refractivity contribution in [2.24, 2.45) is 0 Å². The molecule has 110 valence electrons. The van der Waals surface area contributed by atoms with Crippen LogP contribution in [-0.2, 0) is 10.0 Å². The minimum atomic E-state index is -3.61. The second-order valence-corrected chi connectivity index (χ2v) is 6.75. The van der Waals surface area contributed by atoms with Crippen molar-refractivity contribution in [3.05, 3.63) is 29.8 Å². The van der Waals surface area contributed by atoms with E-state index in [1.54, 1.807) is 32.9 Å². The third-order valence-electron chi connectivity index (χ3n) is 2.99. The number of nitrogens with zero attached hydrogens (tertiary/aromatic N) is 2. The lowest BCUT2D eigenvalue weighted by Gasteiger charge is -2.25. The van der Waals surface area contributed by atoms with E-state index in [2.05, 4.69) is 0 Å². The van der Waals surface area contributed by atoms with Crippen LogP contribution in [0.15, 0.2) is 29.2 Å². The summed E-state index contributed by atoms with van der Waals surface area (Å²) in [5.41, 5.74) is 0.664. The van der Waals surface area contributed by atoms with E-state index in [9.17, 15) is 13.5 Å². The maximum atomic E-state index is 12.5. The molecule has 1 atom stereocenters. The molecule has 0 radical (unpaired) electrons. The Morgan fingerprint density at radius 2 is 1.80 bits per heavy atom. The van der Waals surface area contributed by atoms with Gasteiger partial charge < -0.3 is 5.11 Å². The number of aliphatic hydroxyl groups is 1. The Labute approximate surface area is 120 Å². The molecule has 0 aromatic heterocycles. The summed E-state index contributed by atoms with van der Waals surface area (Å²) in [7, 11) is -3.61. The highest BCUT2D eigenvalue weighted by Gasteiger charge is 2.26. The average molecular weight is 296 g/mol. The van der Waals surface area contributed by atoms with Crippen LogP contribution < -0.4 is 0 Å². The Bertz CT molecular complexity index is 571. The molecule has 0 aliphatic carbocycles. The van der Waals surface area contributed by atoms with Gasteiger partial charge in [0.15, 0.2) is 0 Å². The topological polar surface area (TPSA) is 81.4 Å². The van der Waals surface area contributed by atoms with Crippen LogP contribution in [0.1, 0.15) is 38.9 Å². The molecular weight excluding hydrogens is 276 g/mol. The molecule has 1 rings (SSSR count). The lowest BCUT2D eigenvalue weighted by atomic mass is 10.1. The second kappa shape index (κ2) is 6.84. The number of nitriles is 1. The largest absolute Gasteiger partial charge is 0.389 e. The van der Waals surface area contributed by atoms with E-state index in [4.69, 9.17) is 5.26 Å². The van der Waals surface area contributed by atoms with Crippen LogP contribution in [0.4, 0.5) is 0 Å². The molecule has 6 heteroatoms. The first-order valence-electron chi connectivity index (χ1n) is 6.47. The van der Waals surface area contributed by atoms with Gasteiger partial charge in [-0.25, -0.2) is 8.42 Å². The Morgan fingerprint density at radius 3 is 2.20 bits per heavy atom. The molecule has 0 amide bonds. The summed E-state index contributed by atoms with van der Waals surface area (Å²) in [6, 6.07) is 7.91. The standard InChI is InChI=1S/C14H20N2O3S/c1-11(2)16(10-4-9-15)20(18,19)14-7-5-13(6-8-14)12(3)17/h5-8,11-12,17H,4,10H2,1-3H3. The lowest BCUT2D eigenvalue weighted by Crippen LogP contribution is -2.37. The first-order chi connectivity index (χ1) is 9.30. The highest BCUT2D eigenvalue weighted by Crippen LogP contribution is 2.21. The molecule has 0 saturated heterocycles. The van der Waals surface area contributed by atoms with Crippen LogP contribution in [0, 0.1) is 11.3 Å². The van der Waals surface area contributed by atoms with Crippen LogP contribution in [-0.4, -0.2) is 30.4 Å². The summed E-state index contributed by atoms with van der Waals surface area (Å²) in [6.07, 6.45) is -0.477. The molecule has 0 aliphatic rings. The highest BCUT2D eigenvalue weighted by atomic mass is 32.2. The average Bonchev–Trinajstić information content (AvgIpc) is 2.38. The van der Waals surface area contributed by atoms with Crippen molar-refractivity contribution >= 4 is 10.0 Å². The minimum Gasteiger partial charge on any atom is -0.389 e. The number of rotatable bonds is 6. The van der Waals surface area contributed by atoms with Gasteiger partial charge in [0.1, 0.15) is 0 Å². The molecule has 0 aliphatic heterocycles. The van der Waals surface area contributed by atoms with Crippen LogP contribution >= 0.6 is 0 Å². The van der Waals surface area contributed by atoms with Crippen molar-refractivity contribution < 1.29 is 13.5 Å². The van der Waals surface area contributed by atoms with Gasteiger partial charge >= 0.3 is 0 Å². The summed E-state index contributed by atoms with van der Waals surface area (Å²) in [5, 5.41) is 18.1. The monoisotopic (exact) mass is 296 g/mol. The predicted octanol–water partition coefficient (Wildman–Crippen LogP) is 2.05. The Kier molecular flexibility index (Phi) is 5.69. The summed E-state index contributed by atoms with van der Waals surface area (Å²) in [5.74, 6) is 0. The van der Waals surface area contributed by atoms with Crippen molar-refractivity contribution in [1.82, 2.24) is 4.31 Å². The molecule has 5 nitrogen and oxygen atoms in total. The number of benzene rings is 1. The van der Waals surface area contributed by atoms with Crippen molar-refractivity contribution in [3.8, 4) is 6.07 Å².